The first kappa shape index (κ1) is 12.4. The third-order valence-corrected chi connectivity index (χ3v) is 4.28. The smallest absolute Gasteiger partial charge is 0.207 e. The summed E-state index contributed by atoms with van der Waals surface area (Å²) in [6.07, 6.45) is 4.77. The van der Waals surface area contributed by atoms with Crippen LogP contribution in [-0.4, -0.2) is 14.5 Å². The molecule has 4 heteroatoms. The molecule has 0 spiro atoms. The summed E-state index contributed by atoms with van der Waals surface area (Å²) in [7, 11) is 0. The summed E-state index contributed by atoms with van der Waals surface area (Å²) in [5.41, 5.74) is 12.8. The van der Waals surface area contributed by atoms with E-state index in [1.807, 2.05) is 23.6 Å². The van der Waals surface area contributed by atoms with Crippen LogP contribution in [0.4, 0.5) is 5.95 Å². The molecule has 0 fully saturated rings. The fourth-order valence-electron chi connectivity index (χ4n) is 3.28. The van der Waals surface area contributed by atoms with E-state index in [4.69, 9.17) is 5.73 Å². The minimum Gasteiger partial charge on any atom is -0.369 e. The number of fused-ring (bicyclic) bond motifs is 2. The highest BCUT2D eigenvalue weighted by Gasteiger charge is 2.18. The van der Waals surface area contributed by atoms with Crippen LogP contribution in [0.3, 0.4) is 0 Å². The van der Waals surface area contributed by atoms with Crippen molar-refractivity contribution in [2.45, 2.75) is 32.6 Å². The first-order valence-corrected chi connectivity index (χ1v) is 7.47. The van der Waals surface area contributed by atoms with Crippen LogP contribution in [0.15, 0.2) is 30.3 Å². The molecule has 0 saturated heterocycles. The van der Waals surface area contributed by atoms with Gasteiger partial charge in [-0.1, -0.05) is 12.1 Å². The molecule has 0 radical (unpaired) electrons. The lowest BCUT2D eigenvalue weighted by atomic mass is 9.90. The molecule has 1 aliphatic carbocycles. The molecule has 0 unspecified atom stereocenters. The quantitative estimate of drug-likeness (QED) is 0.743. The van der Waals surface area contributed by atoms with E-state index in [0.29, 0.717) is 5.95 Å². The van der Waals surface area contributed by atoms with Gasteiger partial charge in [-0.2, -0.15) is 0 Å². The van der Waals surface area contributed by atoms with Crippen LogP contribution in [0, 0.1) is 6.92 Å². The molecule has 0 saturated carbocycles. The van der Waals surface area contributed by atoms with E-state index in [0.717, 1.165) is 35.4 Å². The number of nitrogens with zero attached hydrogens (tertiary/aromatic N) is 3. The summed E-state index contributed by atoms with van der Waals surface area (Å²) in [6.45, 7) is 1.99. The van der Waals surface area contributed by atoms with Gasteiger partial charge in [-0.3, -0.25) is 4.57 Å². The summed E-state index contributed by atoms with van der Waals surface area (Å²) in [4.78, 5) is 9.10. The number of aromatic nitrogens is 3. The Morgan fingerprint density at radius 2 is 1.90 bits per heavy atom. The number of anilines is 1. The molecule has 2 aromatic heterocycles. The number of aryl methyl sites for hydroxylation is 2. The average molecular weight is 278 g/mol. The molecule has 1 aromatic carbocycles. The molecule has 1 aliphatic rings. The Bertz CT molecular complexity index is 832. The van der Waals surface area contributed by atoms with Gasteiger partial charge >= 0.3 is 0 Å². The molecule has 2 N–H and O–H groups in total. The van der Waals surface area contributed by atoms with Crippen molar-refractivity contribution in [2.24, 2.45) is 0 Å². The summed E-state index contributed by atoms with van der Waals surface area (Å²) >= 11 is 0. The maximum Gasteiger partial charge on any atom is 0.207 e. The zero-order valence-corrected chi connectivity index (χ0v) is 12.1. The van der Waals surface area contributed by atoms with Crippen molar-refractivity contribution in [2.75, 3.05) is 5.73 Å². The molecular formula is C17H18N4. The Hall–Kier alpha value is -2.36. The maximum absolute atomic E-state index is 6.18. The summed E-state index contributed by atoms with van der Waals surface area (Å²) in [6, 6.07) is 10.4. The minimum atomic E-state index is 0.516. The van der Waals surface area contributed by atoms with Crippen LogP contribution in [0.25, 0.3) is 16.9 Å². The Kier molecular flexibility index (Phi) is 2.70. The normalized spacial score (nSPS) is 14.3. The first-order valence-electron chi connectivity index (χ1n) is 7.47. The zero-order chi connectivity index (χ0) is 14.4. The highest BCUT2D eigenvalue weighted by atomic mass is 15.2. The van der Waals surface area contributed by atoms with Gasteiger partial charge in [-0.15, -0.1) is 0 Å². The zero-order valence-electron chi connectivity index (χ0n) is 12.1. The molecule has 0 aliphatic heterocycles. The standard InChI is InChI=1S/C17H18N4/c1-11-9-10-14-16(19-11)21(17(18)20-14)15-8-4-6-12-5-2-3-7-13(12)15/h4,6,8-10H,2-3,5,7H2,1H3,(H2,18,20). The monoisotopic (exact) mass is 278 g/mol. The fraction of sp³-hybridized carbons (Fsp3) is 0.294. The minimum absolute atomic E-state index is 0.516. The van der Waals surface area contributed by atoms with Crippen LogP contribution in [-0.2, 0) is 12.8 Å². The molecule has 0 bridgehead atoms. The van der Waals surface area contributed by atoms with Crippen molar-refractivity contribution in [3.8, 4) is 5.69 Å². The van der Waals surface area contributed by atoms with Crippen LogP contribution in [0.5, 0.6) is 0 Å². The summed E-state index contributed by atoms with van der Waals surface area (Å²) in [5, 5.41) is 0. The van der Waals surface area contributed by atoms with Gasteiger partial charge in [-0.25, -0.2) is 9.97 Å². The summed E-state index contributed by atoms with van der Waals surface area (Å²) in [5.74, 6) is 0.516. The number of nitrogens with two attached hydrogens (primary N) is 1. The maximum atomic E-state index is 6.18. The number of nitrogen functional groups attached to an aromatic ring is 1. The van der Waals surface area contributed by atoms with Crippen LogP contribution in [0.1, 0.15) is 29.7 Å². The van der Waals surface area contributed by atoms with E-state index in [2.05, 4.69) is 28.2 Å². The number of benzene rings is 1. The molecule has 2 heterocycles. The van der Waals surface area contributed by atoms with Crippen molar-refractivity contribution in [3.05, 3.63) is 47.2 Å². The third-order valence-electron chi connectivity index (χ3n) is 4.28. The van der Waals surface area contributed by atoms with Crippen molar-refractivity contribution in [3.63, 3.8) is 0 Å². The number of pyridine rings is 1. The third kappa shape index (κ3) is 1.90. The van der Waals surface area contributed by atoms with E-state index in [9.17, 15) is 0 Å². The first-order chi connectivity index (χ1) is 10.2. The molecule has 106 valence electrons. The van der Waals surface area contributed by atoms with E-state index in [1.54, 1.807) is 0 Å². The molecular weight excluding hydrogens is 260 g/mol. The van der Waals surface area contributed by atoms with Crippen LogP contribution in [0.2, 0.25) is 0 Å². The van der Waals surface area contributed by atoms with Crippen molar-refractivity contribution in [1.82, 2.24) is 14.5 Å². The van der Waals surface area contributed by atoms with Crippen molar-refractivity contribution < 1.29 is 0 Å². The highest BCUT2D eigenvalue weighted by molar-refractivity contribution is 5.77. The molecule has 0 amide bonds. The van der Waals surface area contributed by atoms with Crippen LogP contribution < -0.4 is 5.73 Å². The molecule has 3 aromatic rings. The number of hydrogen-bond acceptors (Lipinski definition) is 3. The topological polar surface area (TPSA) is 56.7 Å². The predicted molar refractivity (Wildman–Crippen MR) is 84.7 cm³/mol. The van der Waals surface area contributed by atoms with Gasteiger partial charge in [0, 0.05) is 5.69 Å². The lowest BCUT2D eigenvalue weighted by molar-refractivity contribution is 0.682. The van der Waals surface area contributed by atoms with E-state index in [-0.39, 0.29) is 0 Å². The van der Waals surface area contributed by atoms with Crippen LogP contribution >= 0.6 is 0 Å². The SMILES string of the molecule is Cc1ccc2nc(N)n(-c3cccc4c3CCCC4)c2n1. The Labute approximate surface area is 123 Å². The predicted octanol–water partition coefficient (Wildman–Crippen LogP) is 3.19. The van der Waals surface area contributed by atoms with Gasteiger partial charge in [0.25, 0.3) is 0 Å². The lowest BCUT2D eigenvalue weighted by Crippen LogP contribution is -2.10. The molecule has 21 heavy (non-hydrogen) atoms. The van der Waals surface area contributed by atoms with Gasteiger partial charge in [0.15, 0.2) is 5.65 Å². The molecule has 4 rings (SSSR count). The van der Waals surface area contributed by atoms with Gasteiger partial charge in [-0.05, 0) is 61.9 Å². The van der Waals surface area contributed by atoms with Crippen molar-refractivity contribution in [1.29, 1.82) is 0 Å². The lowest BCUT2D eigenvalue weighted by Gasteiger charge is -2.20. The molecule has 4 nitrogen and oxygen atoms in total. The van der Waals surface area contributed by atoms with Gasteiger partial charge < -0.3 is 5.73 Å². The Morgan fingerprint density at radius 3 is 2.81 bits per heavy atom. The number of imidazole rings is 1. The number of rotatable bonds is 1. The Morgan fingerprint density at radius 1 is 1.05 bits per heavy atom. The second-order valence-corrected chi connectivity index (χ2v) is 5.72. The van der Waals surface area contributed by atoms with E-state index in [1.165, 1.54) is 24.0 Å². The average Bonchev–Trinajstić information content (AvgIpc) is 2.82. The van der Waals surface area contributed by atoms with E-state index >= 15 is 0 Å². The van der Waals surface area contributed by atoms with Gasteiger partial charge in [0.2, 0.25) is 5.95 Å². The Balaban J connectivity index is 2.03. The number of hydrogen-bond donors (Lipinski definition) is 1. The van der Waals surface area contributed by atoms with Gasteiger partial charge in [0.05, 0.1) is 5.69 Å². The van der Waals surface area contributed by atoms with Crippen molar-refractivity contribution >= 4 is 17.1 Å². The fourth-order valence-corrected chi connectivity index (χ4v) is 3.28. The highest BCUT2D eigenvalue weighted by Crippen LogP contribution is 2.30. The molecule has 0 atom stereocenters. The second kappa shape index (κ2) is 4.58. The van der Waals surface area contributed by atoms with Gasteiger partial charge in [0.1, 0.15) is 5.52 Å². The summed E-state index contributed by atoms with van der Waals surface area (Å²) < 4.78 is 2.01. The second-order valence-electron chi connectivity index (χ2n) is 5.72. The largest absolute Gasteiger partial charge is 0.369 e. The van der Waals surface area contributed by atoms with E-state index < -0.39 is 0 Å².